The van der Waals surface area contributed by atoms with Gasteiger partial charge in [-0.2, -0.15) is 18.3 Å². The lowest BCUT2D eigenvalue weighted by Crippen LogP contribution is -2.26. The highest BCUT2D eigenvalue weighted by molar-refractivity contribution is 5.74. The van der Waals surface area contributed by atoms with Gasteiger partial charge in [0.1, 0.15) is 5.69 Å². The van der Waals surface area contributed by atoms with Gasteiger partial charge in [-0.05, 0) is 6.07 Å². The van der Waals surface area contributed by atoms with E-state index in [1.807, 2.05) is 18.8 Å². The topological polar surface area (TPSA) is 145 Å². The summed E-state index contributed by atoms with van der Waals surface area (Å²) in [4.78, 5) is 48.2. The quantitative estimate of drug-likeness (QED) is 0.339. The third-order valence-corrected chi connectivity index (χ3v) is 4.94. The number of H-pyrrole nitrogens is 3. The predicted octanol–water partition coefficient (Wildman–Crippen LogP) is 2.43. The molecule has 5 heterocycles. The van der Waals surface area contributed by atoms with Crippen LogP contribution in [-0.2, 0) is 6.18 Å². The Balaban J connectivity index is 0.000000247. The smallest absolute Gasteiger partial charge is 0.362 e. The van der Waals surface area contributed by atoms with Gasteiger partial charge < -0.3 is 14.9 Å². The molecule has 4 aromatic rings. The van der Waals surface area contributed by atoms with E-state index in [2.05, 4.69) is 25.0 Å². The van der Waals surface area contributed by atoms with Crippen LogP contribution in [0.3, 0.4) is 0 Å². The van der Waals surface area contributed by atoms with Crippen LogP contribution in [-0.4, -0.2) is 53.5 Å². The molecule has 0 aromatic carbocycles. The highest BCUT2D eigenvalue weighted by Crippen LogP contribution is 2.33. The van der Waals surface area contributed by atoms with Crippen LogP contribution in [0.25, 0.3) is 16.9 Å². The fourth-order valence-electron chi connectivity index (χ4n) is 3.30. The molecule has 0 radical (unpaired) electrons. The van der Waals surface area contributed by atoms with Crippen molar-refractivity contribution in [1.82, 2.24) is 34.5 Å². The number of aromatic amines is 3. The van der Waals surface area contributed by atoms with Crippen molar-refractivity contribution in [2.75, 3.05) is 18.0 Å². The van der Waals surface area contributed by atoms with E-state index in [1.165, 1.54) is 27.9 Å². The standard InChI is InChI=1S/C14H12F2N6O2.C5H3F3N2O.C2H6/c15-14(16)1-3-21(7-14)10-5-9(20-22-4-2-17-11(10)22)8-6-18-13(24)19-12(8)23;6-5(7,8)3-1-9-4(11)10-2-3;1-2/h2,4-6H,1,3,7H2,(H2,18,19,23,24);1-2H,(H,9,10,11);1-2H3. The maximum atomic E-state index is 13.6. The number of nitrogens with one attached hydrogen (secondary N) is 3. The molecule has 0 atom stereocenters. The summed E-state index contributed by atoms with van der Waals surface area (Å²) in [7, 11) is 0. The number of nitrogens with zero attached hydrogens (tertiary/aromatic N) is 5. The maximum Gasteiger partial charge on any atom is 0.419 e. The van der Waals surface area contributed by atoms with E-state index in [0.717, 1.165) is 0 Å². The highest BCUT2D eigenvalue weighted by Gasteiger charge is 2.39. The van der Waals surface area contributed by atoms with Gasteiger partial charge in [0.2, 0.25) is 0 Å². The first-order chi connectivity index (χ1) is 17.4. The Bertz CT molecular complexity index is 1520. The summed E-state index contributed by atoms with van der Waals surface area (Å²) in [5.41, 5.74) is -1.71. The molecule has 0 saturated carbocycles. The second kappa shape index (κ2) is 10.7. The molecule has 198 valence electrons. The van der Waals surface area contributed by atoms with Gasteiger partial charge in [-0.1, -0.05) is 13.8 Å². The number of halogens is 5. The van der Waals surface area contributed by atoms with Crippen LogP contribution in [0.15, 0.2) is 51.4 Å². The molecule has 3 N–H and O–H groups in total. The first-order valence-electron chi connectivity index (χ1n) is 10.8. The van der Waals surface area contributed by atoms with Gasteiger partial charge in [-0.15, -0.1) is 0 Å². The van der Waals surface area contributed by atoms with Crippen molar-refractivity contribution in [2.24, 2.45) is 0 Å². The average molecular weight is 528 g/mol. The minimum Gasteiger partial charge on any atom is -0.362 e. The Labute approximate surface area is 204 Å². The highest BCUT2D eigenvalue weighted by atomic mass is 19.4. The van der Waals surface area contributed by atoms with Gasteiger partial charge in [0.15, 0.2) is 5.65 Å². The second-order valence-electron chi connectivity index (χ2n) is 7.43. The van der Waals surface area contributed by atoms with Gasteiger partial charge >= 0.3 is 17.6 Å². The van der Waals surface area contributed by atoms with Gasteiger partial charge in [0, 0.05) is 43.9 Å². The molecular formula is C21H21F5N8O3. The van der Waals surface area contributed by atoms with Crippen LogP contribution in [0.2, 0.25) is 0 Å². The Hall–Kier alpha value is -4.37. The van der Waals surface area contributed by atoms with Gasteiger partial charge in [0.05, 0.1) is 23.4 Å². The zero-order valence-corrected chi connectivity index (χ0v) is 19.4. The molecule has 5 rings (SSSR count). The average Bonchev–Trinajstić information content (AvgIpc) is 3.46. The van der Waals surface area contributed by atoms with E-state index in [9.17, 15) is 36.3 Å². The van der Waals surface area contributed by atoms with Crippen molar-refractivity contribution >= 4 is 11.3 Å². The normalized spacial score (nSPS) is 14.5. The summed E-state index contributed by atoms with van der Waals surface area (Å²) in [6, 6.07) is 1.53. The second-order valence-corrected chi connectivity index (χ2v) is 7.43. The SMILES string of the molecule is CC.O=c1[nH]cc(-c2cc(N3CCC(F)(F)C3)c3nccn3n2)c(=O)[nH]1.O=c1ncc(C(F)(F)F)c[nH]1. The van der Waals surface area contributed by atoms with E-state index < -0.39 is 41.1 Å². The number of rotatable bonds is 2. The lowest BCUT2D eigenvalue weighted by molar-refractivity contribution is -0.138. The molecule has 11 nitrogen and oxygen atoms in total. The fourth-order valence-corrected chi connectivity index (χ4v) is 3.30. The van der Waals surface area contributed by atoms with E-state index in [0.29, 0.717) is 23.7 Å². The molecule has 1 aliphatic rings. The molecule has 4 aromatic heterocycles. The zero-order chi connectivity index (χ0) is 27.4. The van der Waals surface area contributed by atoms with E-state index in [-0.39, 0.29) is 24.2 Å². The first kappa shape index (κ1) is 27.2. The number of anilines is 1. The van der Waals surface area contributed by atoms with Crippen molar-refractivity contribution in [1.29, 1.82) is 0 Å². The number of aromatic nitrogens is 7. The molecule has 1 aliphatic heterocycles. The molecule has 0 aliphatic carbocycles. The molecule has 1 saturated heterocycles. The number of fused-ring (bicyclic) bond motifs is 1. The summed E-state index contributed by atoms with van der Waals surface area (Å²) in [5, 5.41) is 4.26. The number of hydrogen-bond acceptors (Lipinski definition) is 7. The van der Waals surface area contributed by atoms with Crippen LogP contribution in [0.1, 0.15) is 25.8 Å². The molecule has 0 bridgehead atoms. The summed E-state index contributed by atoms with van der Waals surface area (Å²) in [6.45, 7) is 3.77. The van der Waals surface area contributed by atoms with Crippen molar-refractivity contribution in [3.05, 3.63) is 73.9 Å². The number of imidazole rings is 1. The van der Waals surface area contributed by atoms with Crippen LogP contribution < -0.4 is 21.8 Å². The number of hydrogen-bond donors (Lipinski definition) is 3. The lowest BCUT2D eigenvalue weighted by atomic mass is 10.2. The Morgan fingerprint density at radius 2 is 1.78 bits per heavy atom. The van der Waals surface area contributed by atoms with Gasteiger partial charge in [-0.3, -0.25) is 9.78 Å². The maximum absolute atomic E-state index is 13.6. The molecule has 16 heteroatoms. The van der Waals surface area contributed by atoms with Gasteiger partial charge in [-0.25, -0.2) is 32.9 Å². The van der Waals surface area contributed by atoms with Crippen molar-refractivity contribution < 1.29 is 22.0 Å². The first-order valence-corrected chi connectivity index (χ1v) is 10.8. The monoisotopic (exact) mass is 528 g/mol. The molecule has 1 fully saturated rings. The van der Waals surface area contributed by atoms with Crippen LogP contribution >= 0.6 is 0 Å². The van der Waals surface area contributed by atoms with Crippen LogP contribution in [0, 0.1) is 0 Å². The van der Waals surface area contributed by atoms with Crippen LogP contribution in [0.4, 0.5) is 27.6 Å². The largest absolute Gasteiger partial charge is 0.419 e. The van der Waals surface area contributed by atoms with E-state index >= 15 is 0 Å². The molecule has 0 amide bonds. The third kappa shape index (κ3) is 6.45. The van der Waals surface area contributed by atoms with Crippen LogP contribution in [0.5, 0.6) is 0 Å². The Morgan fingerprint density at radius 3 is 2.35 bits per heavy atom. The minimum absolute atomic E-state index is 0.136. The van der Waals surface area contributed by atoms with Crippen molar-refractivity contribution in [2.45, 2.75) is 32.4 Å². The van der Waals surface area contributed by atoms with Gasteiger partial charge in [0.25, 0.3) is 11.5 Å². The summed E-state index contributed by atoms with van der Waals surface area (Å²) < 4.78 is 63.8. The lowest BCUT2D eigenvalue weighted by Gasteiger charge is -2.19. The summed E-state index contributed by atoms with van der Waals surface area (Å²) in [6.07, 6.45) is 0.689. The number of alkyl halides is 5. The molecular weight excluding hydrogens is 507 g/mol. The summed E-state index contributed by atoms with van der Waals surface area (Å²) >= 11 is 0. The molecule has 0 unspecified atom stereocenters. The minimum atomic E-state index is -4.45. The third-order valence-electron chi connectivity index (χ3n) is 4.94. The zero-order valence-electron chi connectivity index (χ0n) is 19.4. The predicted molar refractivity (Wildman–Crippen MR) is 123 cm³/mol. The van der Waals surface area contributed by atoms with E-state index in [1.54, 1.807) is 6.20 Å². The van der Waals surface area contributed by atoms with Crippen molar-refractivity contribution in [3.8, 4) is 11.3 Å². The Kier molecular flexibility index (Phi) is 7.88. The Morgan fingerprint density at radius 1 is 1.05 bits per heavy atom. The fraction of sp³-hybridized carbons (Fsp3) is 0.333. The van der Waals surface area contributed by atoms with E-state index in [4.69, 9.17) is 0 Å². The molecule has 37 heavy (non-hydrogen) atoms. The molecule has 0 spiro atoms. The summed E-state index contributed by atoms with van der Waals surface area (Å²) in [5.74, 6) is -2.76. The van der Waals surface area contributed by atoms with Crippen molar-refractivity contribution in [3.63, 3.8) is 0 Å².